The number of nitrogen functional groups attached to an aromatic ring is 1. The Morgan fingerprint density at radius 2 is 1.79 bits per heavy atom. The van der Waals surface area contributed by atoms with Gasteiger partial charge in [-0.25, -0.2) is 0 Å². The summed E-state index contributed by atoms with van der Waals surface area (Å²) < 4.78 is 11.2. The average Bonchev–Trinajstić information content (AvgIpc) is 2.44. The second kappa shape index (κ2) is 7.24. The number of anilines is 1. The number of likely N-dealkylation sites (tertiary alicyclic amines) is 1. The van der Waals surface area contributed by atoms with Gasteiger partial charge in [0.05, 0.1) is 6.61 Å². The minimum absolute atomic E-state index is 0.600. The van der Waals surface area contributed by atoms with Crippen LogP contribution in [0, 0.1) is 0 Å². The standard InChI is InChI=1S/C15H24N2O2/c1-2-18-13-7-6-8-14(15(13)16)19-12-11-17-9-4-3-5-10-17/h6-8H,2-5,9-12,16H2,1H3. The van der Waals surface area contributed by atoms with E-state index in [-0.39, 0.29) is 0 Å². The van der Waals surface area contributed by atoms with E-state index in [9.17, 15) is 0 Å². The molecule has 1 aromatic carbocycles. The van der Waals surface area contributed by atoms with Gasteiger partial charge in [-0.05, 0) is 45.0 Å². The fourth-order valence-corrected chi connectivity index (χ4v) is 2.40. The Labute approximate surface area is 115 Å². The Balaban J connectivity index is 1.83. The van der Waals surface area contributed by atoms with Gasteiger partial charge in [-0.2, -0.15) is 0 Å². The van der Waals surface area contributed by atoms with Crippen LogP contribution in [0.4, 0.5) is 5.69 Å². The average molecular weight is 264 g/mol. The van der Waals surface area contributed by atoms with E-state index in [0.717, 1.165) is 12.3 Å². The zero-order chi connectivity index (χ0) is 13.5. The predicted molar refractivity (Wildman–Crippen MR) is 77.8 cm³/mol. The molecule has 0 saturated carbocycles. The first kappa shape index (κ1) is 14.0. The van der Waals surface area contributed by atoms with E-state index in [1.54, 1.807) is 0 Å². The van der Waals surface area contributed by atoms with Crippen LogP contribution in [0.1, 0.15) is 26.2 Å². The smallest absolute Gasteiger partial charge is 0.146 e. The van der Waals surface area contributed by atoms with Crippen LogP contribution in [0.15, 0.2) is 18.2 Å². The Kier molecular flexibility index (Phi) is 5.33. The van der Waals surface area contributed by atoms with Crippen LogP contribution in [0.25, 0.3) is 0 Å². The van der Waals surface area contributed by atoms with Gasteiger partial charge in [0.25, 0.3) is 0 Å². The molecule has 106 valence electrons. The Hall–Kier alpha value is -1.42. The summed E-state index contributed by atoms with van der Waals surface area (Å²) in [6.07, 6.45) is 3.98. The number of piperidine rings is 1. The van der Waals surface area contributed by atoms with Crippen LogP contribution in [0.2, 0.25) is 0 Å². The van der Waals surface area contributed by atoms with Gasteiger partial charge >= 0.3 is 0 Å². The molecular weight excluding hydrogens is 240 g/mol. The molecule has 1 aliphatic rings. The zero-order valence-electron chi connectivity index (χ0n) is 11.7. The highest BCUT2D eigenvalue weighted by atomic mass is 16.5. The number of benzene rings is 1. The van der Waals surface area contributed by atoms with Crippen LogP contribution in [0.5, 0.6) is 11.5 Å². The predicted octanol–water partition coefficient (Wildman–Crippen LogP) is 2.53. The fraction of sp³-hybridized carbons (Fsp3) is 0.600. The molecule has 1 heterocycles. The van der Waals surface area contributed by atoms with Crippen molar-refractivity contribution in [1.82, 2.24) is 4.90 Å². The monoisotopic (exact) mass is 264 g/mol. The van der Waals surface area contributed by atoms with E-state index < -0.39 is 0 Å². The normalized spacial score (nSPS) is 16.3. The van der Waals surface area contributed by atoms with Crippen molar-refractivity contribution in [3.8, 4) is 11.5 Å². The molecule has 1 saturated heterocycles. The molecule has 1 aliphatic heterocycles. The van der Waals surface area contributed by atoms with Gasteiger partial charge in [0.15, 0.2) is 0 Å². The maximum atomic E-state index is 6.03. The van der Waals surface area contributed by atoms with Crippen molar-refractivity contribution in [1.29, 1.82) is 0 Å². The summed E-state index contributed by atoms with van der Waals surface area (Å²) in [4.78, 5) is 2.45. The number of rotatable bonds is 6. The van der Waals surface area contributed by atoms with E-state index in [4.69, 9.17) is 15.2 Å². The third-order valence-electron chi connectivity index (χ3n) is 3.44. The molecule has 4 heteroatoms. The van der Waals surface area contributed by atoms with Crippen LogP contribution in [-0.2, 0) is 0 Å². The third kappa shape index (κ3) is 4.03. The lowest BCUT2D eigenvalue weighted by atomic mass is 10.1. The van der Waals surface area contributed by atoms with Gasteiger partial charge in [0.1, 0.15) is 23.8 Å². The molecular formula is C15H24N2O2. The molecule has 4 nitrogen and oxygen atoms in total. The molecule has 0 spiro atoms. The minimum Gasteiger partial charge on any atom is -0.492 e. The van der Waals surface area contributed by atoms with Crippen molar-refractivity contribution in [2.75, 3.05) is 38.6 Å². The fourth-order valence-electron chi connectivity index (χ4n) is 2.40. The number of hydrogen-bond donors (Lipinski definition) is 1. The maximum absolute atomic E-state index is 6.03. The second-order valence-electron chi connectivity index (χ2n) is 4.85. The highest BCUT2D eigenvalue weighted by Gasteiger charge is 2.11. The Morgan fingerprint density at radius 3 is 2.47 bits per heavy atom. The van der Waals surface area contributed by atoms with E-state index in [1.807, 2.05) is 25.1 Å². The Bertz CT molecular complexity index is 390. The van der Waals surface area contributed by atoms with E-state index in [2.05, 4.69) is 4.90 Å². The molecule has 0 amide bonds. The number of para-hydroxylation sites is 1. The lowest BCUT2D eigenvalue weighted by Crippen LogP contribution is -2.33. The van der Waals surface area contributed by atoms with Crippen LogP contribution >= 0.6 is 0 Å². The summed E-state index contributed by atoms with van der Waals surface area (Å²) in [7, 11) is 0. The number of hydrogen-bond acceptors (Lipinski definition) is 4. The van der Waals surface area contributed by atoms with Crippen LogP contribution in [0.3, 0.4) is 0 Å². The molecule has 0 radical (unpaired) electrons. The molecule has 0 aliphatic carbocycles. The quantitative estimate of drug-likeness (QED) is 0.802. The number of nitrogens with zero attached hydrogens (tertiary/aromatic N) is 1. The van der Waals surface area contributed by atoms with E-state index in [0.29, 0.717) is 24.7 Å². The van der Waals surface area contributed by atoms with E-state index in [1.165, 1.54) is 32.4 Å². The lowest BCUT2D eigenvalue weighted by molar-refractivity contribution is 0.183. The summed E-state index contributed by atoms with van der Waals surface area (Å²) in [6.45, 7) is 6.60. The molecule has 0 atom stereocenters. The first-order chi connectivity index (χ1) is 9.31. The zero-order valence-corrected chi connectivity index (χ0v) is 11.7. The minimum atomic E-state index is 0.600. The molecule has 0 aromatic heterocycles. The van der Waals surface area contributed by atoms with Gasteiger partial charge in [-0.15, -0.1) is 0 Å². The first-order valence-electron chi connectivity index (χ1n) is 7.17. The summed E-state index contributed by atoms with van der Waals surface area (Å²) in [5, 5.41) is 0. The van der Waals surface area contributed by atoms with Crippen molar-refractivity contribution >= 4 is 5.69 Å². The van der Waals surface area contributed by atoms with Crippen LogP contribution in [-0.4, -0.2) is 37.7 Å². The van der Waals surface area contributed by atoms with Gasteiger partial charge in [-0.3, -0.25) is 4.90 Å². The Morgan fingerprint density at radius 1 is 1.11 bits per heavy atom. The SMILES string of the molecule is CCOc1cccc(OCCN2CCCCC2)c1N. The molecule has 1 aromatic rings. The largest absolute Gasteiger partial charge is 0.492 e. The van der Waals surface area contributed by atoms with Crippen molar-refractivity contribution < 1.29 is 9.47 Å². The van der Waals surface area contributed by atoms with E-state index >= 15 is 0 Å². The molecule has 1 fully saturated rings. The van der Waals surface area contributed by atoms with Gasteiger partial charge in [0.2, 0.25) is 0 Å². The topological polar surface area (TPSA) is 47.7 Å². The molecule has 0 unspecified atom stereocenters. The highest BCUT2D eigenvalue weighted by molar-refractivity contribution is 5.62. The van der Waals surface area contributed by atoms with Crippen molar-refractivity contribution in [2.24, 2.45) is 0 Å². The van der Waals surface area contributed by atoms with Crippen molar-refractivity contribution in [3.05, 3.63) is 18.2 Å². The summed E-state index contributed by atoms with van der Waals surface area (Å²) in [6, 6.07) is 5.68. The van der Waals surface area contributed by atoms with Gasteiger partial charge < -0.3 is 15.2 Å². The van der Waals surface area contributed by atoms with Crippen molar-refractivity contribution in [3.63, 3.8) is 0 Å². The highest BCUT2D eigenvalue weighted by Crippen LogP contribution is 2.31. The van der Waals surface area contributed by atoms with Crippen molar-refractivity contribution in [2.45, 2.75) is 26.2 Å². The van der Waals surface area contributed by atoms with Gasteiger partial charge in [0, 0.05) is 6.54 Å². The van der Waals surface area contributed by atoms with Crippen LogP contribution < -0.4 is 15.2 Å². The lowest BCUT2D eigenvalue weighted by Gasteiger charge is -2.26. The summed E-state index contributed by atoms with van der Waals surface area (Å²) >= 11 is 0. The maximum Gasteiger partial charge on any atom is 0.146 e. The summed E-state index contributed by atoms with van der Waals surface area (Å²) in [5.41, 5.74) is 6.63. The molecule has 2 N–H and O–H groups in total. The number of ether oxygens (including phenoxy) is 2. The number of nitrogens with two attached hydrogens (primary N) is 1. The second-order valence-corrected chi connectivity index (χ2v) is 4.85. The summed E-state index contributed by atoms with van der Waals surface area (Å²) in [5.74, 6) is 1.43. The van der Waals surface area contributed by atoms with Gasteiger partial charge in [-0.1, -0.05) is 12.5 Å². The third-order valence-corrected chi connectivity index (χ3v) is 3.44. The first-order valence-corrected chi connectivity index (χ1v) is 7.17. The molecule has 19 heavy (non-hydrogen) atoms. The molecule has 0 bridgehead atoms. The molecule has 2 rings (SSSR count).